The average Bonchev–Trinajstić information content (AvgIpc) is 3.26. The van der Waals surface area contributed by atoms with Crippen LogP contribution in [0.2, 0.25) is 0 Å². The van der Waals surface area contributed by atoms with Crippen LogP contribution < -0.4 is 15.8 Å². The number of aryl methyl sites for hydroxylation is 1. The molecule has 4 aromatic rings. The molecule has 0 radical (unpaired) electrons. The van der Waals surface area contributed by atoms with E-state index in [2.05, 4.69) is 38.2 Å². The van der Waals surface area contributed by atoms with Gasteiger partial charge in [-0.3, -0.25) is 4.57 Å². The van der Waals surface area contributed by atoms with E-state index in [1.807, 2.05) is 53.2 Å². The highest BCUT2D eigenvalue weighted by atomic mass is 32.2. The zero-order valence-corrected chi connectivity index (χ0v) is 18.1. The van der Waals surface area contributed by atoms with E-state index < -0.39 is 0 Å². The third kappa shape index (κ3) is 4.95. The van der Waals surface area contributed by atoms with E-state index in [0.717, 1.165) is 28.7 Å². The number of benzene rings is 2. The first-order chi connectivity index (χ1) is 15.2. The van der Waals surface area contributed by atoms with E-state index in [-0.39, 0.29) is 5.95 Å². The van der Waals surface area contributed by atoms with Crippen molar-refractivity contribution in [2.24, 2.45) is 0 Å². The molecule has 0 bridgehead atoms. The molecule has 9 heteroatoms. The first-order valence-electron chi connectivity index (χ1n) is 9.82. The molecule has 2 heterocycles. The number of anilines is 3. The Morgan fingerprint density at radius 2 is 1.97 bits per heavy atom. The predicted octanol–water partition coefficient (Wildman–Crippen LogP) is 4.25. The molecule has 0 saturated carbocycles. The van der Waals surface area contributed by atoms with Gasteiger partial charge in [0.05, 0.1) is 18.6 Å². The number of aromatic nitrogens is 5. The first kappa shape index (κ1) is 20.7. The van der Waals surface area contributed by atoms with Crippen LogP contribution >= 0.6 is 11.8 Å². The van der Waals surface area contributed by atoms with E-state index >= 15 is 0 Å². The van der Waals surface area contributed by atoms with E-state index in [4.69, 9.17) is 10.5 Å². The summed E-state index contributed by atoms with van der Waals surface area (Å²) in [4.78, 5) is 17.5. The lowest BCUT2D eigenvalue weighted by molar-refractivity contribution is 0.414. The Morgan fingerprint density at radius 3 is 2.81 bits per heavy atom. The zero-order chi connectivity index (χ0) is 21.6. The number of nitrogens with two attached hydrogens (primary N) is 1. The van der Waals surface area contributed by atoms with Crippen LogP contribution in [-0.2, 0) is 12.2 Å². The summed E-state index contributed by atoms with van der Waals surface area (Å²) in [5, 5.41) is 4.08. The minimum Gasteiger partial charge on any atom is -0.497 e. The van der Waals surface area contributed by atoms with Crippen LogP contribution in [-0.4, -0.2) is 31.6 Å². The number of ether oxygens (including phenoxy) is 1. The van der Waals surface area contributed by atoms with E-state index in [1.54, 1.807) is 13.3 Å². The van der Waals surface area contributed by atoms with Gasteiger partial charge in [-0.2, -0.15) is 15.0 Å². The summed E-state index contributed by atoms with van der Waals surface area (Å²) >= 11 is 1.52. The lowest BCUT2D eigenvalue weighted by Crippen LogP contribution is -2.07. The molecule has 31 heavy (non-hydrogen) atoms. The SMILES string of the molecule is CCc1ccccc1Nc1nc(N)nc(CSc2nccn2-c2cccc(OC)c2)n1. The summed E-state index contributed by atoms with van der Waals surface area (Å²) < 4.78 is 7.32. The van der Waals surface area contributed by atoms with Crippen molar-refractivity contribution in [3.63, 3.8) is 0 Å². The molecule has 158 valence electrons. The Balaban J connectivity index is 1.52. The zero-order valence-electron chi connectivity index (χ0n) is 17.3. The van der Waals surface area contributed by atoms with Crippen molar-refractivity contribution in [3.8, 4) is 11.4 Å². The van der Waals surface area contributed by atoms with Gasteiger partial charge in [0, 0.05) is 24.1 Å². The highest BCUT2D eigenvalue weighted by molar-refractivity contribution is 7.98. The number of thioether (sulfide) groups is 1. The molecular weight excluding hydrogens is 410 g/mol. The maximum atomic E-state index is 5.94. The van der Waals surface area contributed by atoms with Gasteiger partial charge in [-0.25, -0.2) is 4.98 Å². The molecule has 0 atom stereocenters. The average molecular weight is 434 g/mol. The Morgan fingerprint density at radius 1 is 1.10 bits per heavy atom. The monoisotopic (exact) mass is 433 g/mol. The Bertz CT molecular complexity index is 1180. The molecule has 0 aliphatic rings. The summed E-state index contributed by atoms with van der Waals surface area (Å²) in [6, 6.07) is 15.9. The number of nitrogens with zero attached hydrogens (tertiary/aromatic N) is 5. The molecule has 0 fully saturated rings. The second-order valence-corrected chi connectivity index (χ2v) is 7.58. The largest absolute Gasteiger partial charge is 0.497 e. The van der Waals surface area contributed by atoms with Crippen LogP contribution in [0.3, 0.4) is 0 Å². The number of rotatable bonds is 8. The second kappa shape index (κ2) is 9.48. The van der Waals surface area contributed by atoms with Gasteiger partial charge < -0.3 is 15.8 Å². The van der Waals surface area contributed by atoms with Crippen molar-refractivity contribution >= 4 is 29.3 Å². The number of methoxy groups -OCH3 is 1. The first-order valence-corrected chi connectivity index (χ1v) is 10.8. The summed E-state index contributed by atoms with van der Waals surface area (Å²) in [5.41, 5.74) is 9.04. The van der Waals surface area contributed by atoms with Gasteiger partial charge in [-0.05, 0) is 30.2 Å². The maximum Gasteiger partial charge on any atom is 0.232 e. The van der Waals surface area contributed by atoms with Gasteiger partial charge >= 0.3 is 0 Å². The van der Waals surface area contributed by atoms with E-state index in [9.17, 15) is 0 Å². The minimum atomic E-state index is 0.179. The third-order valence-electron chi connectivity index (χ3n) is 4.61. The molecule has 2 aromatic heterocycles. The number of hydrogen-bond donors (Lipinski definition) is 2. The fourth-order valence-electron chi connectivity index (χ4n) is 3.11. The number of para-hydroxylation sites is 1. The number of nitrogens with one attached hydrogen (secondary N) is 1. The van der Waals surface area contributed by atoms with Crippen molar-refractivity contribution in [1.29, 1.82) is 0 Å². The van der Waals surface area contributed by atoms with Crippen LogP contribution in [0, 0.1) is 0 Å². The Kier molecular flexibility index (Phi) is 6.32. The fraction of sp³-hybridized carbons (Fsp3) is 0.182. The fourth-order valence-corrected chi connectivity index (χ4v) is 3.94. The van der Waals surface area contributed by atoms with Crippen LogP contribution in [0.4, 0.5) is 17.6 Å². The molecule has 0 aliphatic carbocycles. The highest BCUT2D eigenvalue weighted by Gasteiger charge is 2.11. The number of hydrogen-bond acceptors (Lipinski definition) is 8. The molecule has 3 N–H and O–H groups in total. The molecular formula is C22H23N7OS. The topological polar surface area (TPSA) is 104 Å². The quantitative estimate of drug-likeness (QED) is 0.398. The number of nitrogen functional groups attached to an aromatic ring is 1. The van der Waals surface area contributed by atoms with Gasteiger partial charge in [0.25, 0.3) is 0 Å². The van der Waals surface area contributed by atoms with E-state index in [1.165, 1.54) is 17.3 Å². The Hall–Kier alpha value is -3.59. The van der Waals surface area contributed by atoms with Gasteiger partial charge in [0.1, 0.15) is 11.6 Å². The molecule has 8 nitrogen and oxygen atoms in total. The lowest BCUT2D eigenvalue weighted by atomic mass is 10.1. The van der Waals surface area contributed by atoms with Gasteiger partial charge in [-0.15, -0.1) is 0 Å². The van der Waals surface area contributed by atoms with Gasteiger partial charge in [-0.1, -0.05) is 43.0 Å². The van der Waals surface area contributed by atoms with Crippen molar-refractivity contribution in [2.75, 3.05) is 18.2 Å². The van der Waals surface area contributed by atoms with Crippen LogP contribution in [0.25, 0.3) is 5.69 Å². The van der Waals surface area contributed by atoms with Crippen LogP contribution in [0.15, 0.2) is 66.1 Å². The van der Waals surface area contributed by atoms with Gasteiger partial charge in [0.15, 0.2) is 5.16 Å². The van der Waals surface area contributed by atoms with Crippen molar-refractivity contribution in [3.05, 3.63) is 72.3 Å². The van der Waals surface area contributed by atoms with Crippen LogP contribution in [0.5, 0.6) is 5.75 Å². The standard InChI is InChI=1S/C22H23N7OS/c1-3-15-7-4-5-10-18(15)25-21-27-19(26-20(23)28-21)14-31-22-24-11-12-29(22)16-8-6-9-17(13-16)30-2/h4-13H,3,14H2,1-2H3,(H3,23,25,26,27,28). The minimum absolute atomic E-state index is 0.179. The van der Waals surface area contributed by atoms with Gasteiger partial charge in [0.2, 0.25) is 11.9 Å². The molecule has 0 saturated heterocycles. The molecule has 0 spiro atoms. The summed E-state index contributed by atoms with van der Waals surface area (Å²) in [7, 11) is 1.65. The molecule has 0 aliphatic heterocycles. The molecule has 4 rings (SSSR count). The molecule has 2 aromatic carbocycles. The number of imidazole rings is 1. The molecule has 0 amide bonds. The van der Waals surface area contributed by atoms with E-state index in [0.29, 0.717) is 17.5 Å². The Labute approximate surface area is 184 Å². The smallest absolute Gasteiger partial charge is 0.232 e. The molecule has 0 unspecified atom stereocenters. The second-order valence-electron chi connectivity index (χ2n) is 6.64. The lowest BCUT2D eigenvalue weighted by Gasteiger charge is -2.11. The summed E-state index contributed by atoms with van der Waals surface area (Å²) in [6.07, 6.45) is 4.57. The van der Waals surface area contributed by atoms with Crippen molar-refractivity contribution in [2.45, 2.75) is 24.3 Å². The van der Waals surface area contributed by atoms with Crippen molar-refractivity contribution in [1.82, 2.24) is 24.5 Å². The predicted molar refractivity (Wildman–Crippen MR) is 123 cm³/mol. The normalized spacial score (nSPS) is 10.8. The third-order valence-corrected chi connectivity index (χ3v) is 5.58. The summed E-state index contributed by atoms with van der Waals surface area (Å²) in [6.45, 7) is 2.11. The highest BCUT2D eigenvalue weighted by Crippen LogP contribution is 2.26. The van der Waals surface area contributed by atoms with Crippen LogP contribution in [0.1, 0.15) is 18.3 Å². The maximum absolute atomic E-state index is 5.94. The summed E-state index contributed by atoms with van der Waals surface area (Å²) in [5.74, 6) is 2.47. The van der Waals surface area contributed by atoms with Crippen molar-refractivity contribution < 1.29 is 4.74 Å².